The van der Waals surface area contributed by atoms with Crippen molar-refractivity contribution in [3.8, 4) is 0 Å². The van der Waals surface area contributed by atoms with Gasteiger partial charge in [-0.05, 0) is 49.7 Å². The lowest BCUT2D eigenvalue weighted by Crippen LogP contribution is -2.14. The number of hydrogen-bond donors (Lipinski definition) is 2. The van der Waals surface area contributed by atoms with Gasteiger partial charge in [0.2, 0.25) is 5.91 Å². The Kier molecular flexibility index (Phi) is 5.93. The first-order chi connectivity index (χ1) is 13.0. The summed E-state index contributed by atoms with van der Waals surface area (Å²) in [5.74, 6) is 0.996. The van der Waals surface area contributed by atoms with Crippen LogP contribution in [0.1, 0.15) is 21.7 Å². The zero-order chi connectivity index (χ0) is 19.2. The summed E-state index contributed by atoms with van der Waals surface area (Å²) in [6, 6.07) is 16.5. The molecule has 0 aliphatic heterocycles. The maximum absolute atomic E-state index is 12.3. The van der Waals surface area contributed by atoms with E-state index in [0.717, 1.165) is 10.5 Å². The third kappa shape index (κ3) is 5.21. The summed E-state index contributed by atoms with van der Waals surface area (Å²) >= 11 is 1.40. The topological polar surface area (TPSA) is 84.2 Å². The number of amides is 2. The van der Waals surface area contributed by atoms with Gasteiger partial charge in [-0.3, -0.25) is 9.59 Å². The van der Waals surface area contributed by atoms with E-state index in [0.29, 0.717) is 22.8 Å². The molecule has 0 fully saturated rings. The molecule has 2 amide bonds. The van der Waals surface area contributed by atoms with Gasteiger partial charge in [-0.15, -0.1) is 11.8 Å². The van der Waals surface area contributed by atoms with Crippen molar-refractivity contribution in [3.63, 3.8) is 0 Å². The van der Waals surface area contributed by atoms with Crippen LogP contribution < -0.4 is 10.6 Å². The van der Waals surface area contributed by atoms with Crippen molar-refractivity contribution in [2.45, 2.75) is 18.7 Å². The number of benzene rings is 2. The van der Waals surface area contributed by atoms with Crippen molar-refractivity contribution < 1.29 is 14.1 Å². The second kappa shape index (κ2) is 8.55. The summed E-state index contributed by atoms with van der Waals surface area (Å²) in [5, 5.41) is 9.28. The Morgan fingerprint density at radius 3 is 2.44 bits per heavy atom. The van der Waals surface area contributed by atoms with E-state index in [4.69, 9.17) is 4.52 Å². The maximum Gasteiger partial charge on any atom is 0.255 e. The molecule has 138 valence electrons. The van der Waals surface area contributed by atoms with Crippen molar-refractivity contribution in [1.29, 1.82) is 0 Å². The maximum atomic E-state index is 12.3. The third-order valence-electron chi connectivity index (χ3n) is 3.77. The molecular weight excluding hydrogens is 362 g/mol. The second-order valence-electron chi connectivity index (χ2n) is 5.95. The van der Waals surface area contributed by atoms with Gasteiger partial charge in [0, 0.05) is 22.2 Å². The molecule has 1 heterocycles. The fraction of sp³-hybridized carbons (Fsp3) is 0.150. The summed E-state index contributed by atoms with van der Waals surface area (Å²) in [5.41, 5.74) is 2.28. The van der Waals surface area contributed by atoms with Gasteiger partial charge in [0.25, 0.3) is 5.91 Å². The van der Waals surface area contributed by atoms with Crippen molar-refractivity contribution in [2.75, 3.05) is 16.4 Å². The summed E-state index contributed by atoms with van der Waals surface area (Å²) < 4.78 is 4.91. The molecule has 2 N–H and O–H groups in total. The predicted octanol–water partition coefficient (Wildman–Crippen LogP) is 4.27. The van der Waals surface area contributed by atoms with E-state index in [2.05, 4.69) is 15.8 Å². The van der Waals surface area contributed by atoms with Crippen molar-refractivity contribution in [3.05, 3.63) is 71.5 Å². The molecule has 0 aliphatic rings. The Labute approximate surface area is 161 Å². The van der Waals surface area contributed by atoms with Gasteiger partial charge in [0.05, 0.1) is 5.75 Å². The minimum atomic E-state index is -0.162. The van der Waals surface area contributed by atoms with Gasteiger partial charge >= 0.3 is 0 Å². The van der Waals surface area contributed by atoms with E-state index >= 15 is 0 Å². The Morgan fingerprint density at radius 1 is 1.04 bits per heavy atom. The van der Waals surface area contributed by atoms with E-state index in [1.54, 1.807) is 19.1 Å². The molecule has 0 saturated heterocycles. The van der Waals surface area contributed by atoms with Gasteiger partial charge in [-0.25, -0.2) is 0 Å². The Balaban J connectivity index is 1.52. The van der Waals surface area contributed by atoms with Gasteiger partial charge < -0.3 is 15.2 Å². The first-order valence-electron chi connectivity index (χ1n) is 8.34. The van der Waals surface area contributed by atoms with Crippen LogP contribution in [0.15, 0.2) is 64.0 Å². The van der Waals surface area contributed by atoms with E-state index in [1.807, 2.05) is 49.4 Å². The molecule has 0 bridgehead atoms. The molecule has 0 saturated carbocycles. The number of aromatic nitrogens is 1. The molecule has 1 aromatic heterocycles. The lowest BCUT2D eigenvalue weighted by molar-refractivity contribution is -0.113. The van der Waals surface area contributed by atoms with Crippen LogP contribution in [0, 0.1) is 13.8 Å². The molecule has 27 heavy (non-hydrogen) atoms. The van der Waals surface area contributed by atoms with Crippen molar-refractivity contribution >= 4 is 35.1 Å². The number of carbonyl (C=O) groups excluding carboxylic acids is 2. The lowest BCUT2D eigenvalue weighted by Gasteiger charge is -2.08. The average Bonchev–Trinajstić information content (AvgIpc) is 3.06. The first-order valence-corrected chi connectivity index (χ1v) is 9.33. The highest BCUT2D eigenvalue weighted by Crippen LogP contribution is 2.21. The van der Waals surface area contributed by atoms with Crippen LogP contribution in [0.5, 0.6) is 0 Å². The Bertz CT molecular complexity index is 951. The summed E-state index contributed by atoms with van der Waals surface area (Å²) in [6.45, 7) is 3.66. The summed E-state index contributed by atoms with van der Waals surface area (Å²) in [4.78, 5) is 25.2. The number of nitrogens with one attached hydrogen (secondary N) is 2. The molecule has 0 atom stereocenters. The Hall–Kier alpha value is -3.06. The molecule has 2 aromatic carbocycles. The quantitative estimate of drug-likeness (QED) is 0.623. The number of aryl methyl sites for hydroxylation is 2. The zero-order valence-electron chi connectivity index (χ0n) is 15.0. The number of nitrogens with zero attached hydrogens (tertiary/aromatic N) is 1. The number of rotatable bonds is 6. The fourth-order valence-corrected chi connectivity index (χ4v) is 3.11. The number of hydrogen-bond acceptors (Lipinski definition) is 5. The van der Waals surface area contributed by atoms with Crippen LogP contribution >= 0.6 is 11.8 Å². The molecule has 3 rings (SSSR count). The molecule has 6 nitrogen and oxygen atoms in total. The van der Waals surface area contributed by atoms with E-state index in [-0.39, 0.29) is 17.6 Å². The van der Waals surface area contributed by atoms with Gasteiger partial charge in [0.15, 0.2) is 5.82 Å². The molecule has 7 heteroatoms. The van der Waals surface area contributed by atoms with Gasteiger partial charge in [-0.1, -0.05) is 23.4 Å². The third-order valence-corrected chi connectivity index (χ3v) is 4.78. The highest BCUT2D eigenvalue weighted by Gasteiger charge is 2.09. The second-order valence-corrected chi connectivity index (χ2v) is 7.00. The van der Waals surface area contributed by atoms with Crippen LogP contribution in [-0.4, -0.2) is 22.7 Å². The Morgan fingerprint density at radius 2 is 1.78 bits per heavy atom. The van der Waals surface area contributed by atoms with Crippen molar-refractivity contribution in [1.82, 2.24) is 5.16 Å². The van der Waals surface area contributed by atoms with E-state index < -0.39 is 0 Å². The molecule has 0 aliphatic carbocycles. The monoisotopic (exact) mass is 381 g/mol. The number of anilines is 2. The van der Waals surface area contributed by atoms with Crippen LogP contribution in [0.25, 0.3) is 0 Å². The van der Waals surface area contributed by atoms with Gasteiger partial charge in [0.1, 0.15) is 5.76 Å². The van der Waals surface area contributed by atoms with Gasteiger partial charge in [-0.2, -0.15) is 0 Å². The molecule has 3 aromatic rings. The molecule has 0 radical (unpaired) electrons. The minimum Gasteiger partial charge on any atom is -0.360 e. The SMILES string of the molecule is Cc1cc(NC(=O)CSc2ccc(NC(=O)c3ccccc3C)cc2)no1. The summed E-state index contributed by atoms with van der Waals surface area (Å²) in [6.07, 6.45) is 0. The lowest BCUT2D eigenvalue weighted by atomic mass is 10.1. The molecule has 0 unspecified atom stereocenters. The van der Waals surface area contributed by atoms with E-state index in [1.165, 1.54) is 11.8 Å². The minimum absolute atomic E-state index is 0.143. The number of carbonyl (C=O) groups is 2. The smallest absolute Gasteiger partial charge is 0.255 e. The average molecular weight is 381 g/mol. The normalized spacial score (nSPS) is 10.4. The van der Waals surface area contributed by atoms with Crippen LogP contribution in [0.2, 0.25) is 0 Å². The largest absolute Gasteiger partial charge is 0.360 e. The predicted molar refractivity (Wildman–Crippen MR) is 106 cm³/mol. The van der Waals surface area contributed by atoms with Crippen LogP contribution in [0.4, 0.5) is 11.5 Å². The van der Waals surface area contributed by atoms with E-state index in [9.17, 15) is 9.59 Å². The fourth-order valence-electron chi connectivity index (χ4n) is 2.41. The first kappa shape index (κ1) is 18.7. The standard InChI is InChI=1S/C20H19N3O3S/c1-13-5-3-4-6-17(13)20(25)21-15-7-9-16(10-8-15)27-12-19(24)22-18-11-14(2)26-23-18/h3-11H,12H2,1-2H3,(H,21,25)(H,22,23,24). The van der Waals surface area contributed by atoms with Crippen molar-refractivity contribution in [2.24, 2.45) is 0 Å². The molecular formula is C20H19N3O3S. The zero-order valence-corrected chi connectivity index (χ0v) is 15.8. The van der Waals surface area contributed by atoms with Crippen LogP contribution in [-0.2, 0) is 4.79 Å². The van der Waals surface area contributed by atoms with Crippen LogP contribution in [0.3, 0.4) is 0 Å². The summed E-state index contributed by atoms with van der Waals surface area (Å²) in [7, 11) is 0. The highest BCUT2D eigenvalue weighted by molar-refractivity contribution is 8.00. The highest BCUT2D eigenvalue weighted by atomic mass is 32.2. The number of thioether (sulfide) groups is 1. The molecule has 0 spiro atoms.